The molecule has 0 radical (unpaired) electrons. The van der Waals surface area contributed by atoms with Gasteiger partial charge in [0.25, 0.3) is 0 Å². The molecule has 0 aliphatic rings. The number of hydrogen-bond acceptors (Lipinski definition) is 3. The molecule has 0 heterocycles. The topological polar surface area (TPSA) is 75.6 Å². The van der Waals surface area contributed by atoms with Gasteiger partial charge in [0.2, 0.25) is 5.91 Å². The molecule has 1 aromatic carbocycles. The predicted molar refractivity (Wildman–Crippen MR) is 74.2 cm³/mol. The number of hydrogen-bond donors (Lipinski definition) is 2. The predicted octanol–water partition coefficient (Wildman–Crippen LogP) is 2.12. The Hall–Kier alpha value is -1.56. The Kier molecular flexibility index (Phi) is 5.82. The highest BCUT2D eigenvalue weighted by molar-refractivity contribution is 9.10. The van der Waals surface area contributed by atoms with Crippen LogP contribution in [-0.4, -0.2) is 29.6 Å². The molecule has 19 heavy (non-hydrogen) atoms. The van der Waals surface area contributed by atoms with Gasteiger partial charge >= 0.3 is 5.97 Å². The van der Waals surface area contributed by atoms with Gasteiger partial charge in [-0.3, -0.25) is 9.59 Å². The van der Waals surface area contributed by atoms with Crippen molar-refractivity contribution in [2.75, 3.05) is 6.61 Å². The summed E-state index contributed by atoms with van der Waals surface area (Å²) in [6.45, 7) is 3.58. The maximum absolute atomic E-state index is 11.4. The molecule has 104 valence electrons. The van der Waals surface area contributed by atoms with Crippen LogP contribution in [-0.2, 0) is 9.59 Å². The zero-order valence-corrected chi connectivity index (χ0v) is 12.4. The third kappa shape index (κ3) is 5.30. The monoisotopic (exact) mass is 329 g/mol. The first kappa shape index (κ1) is 15.5. The van der Waals surface area contributed by atoms with Crippen molar-refractivity contribution in [3.63, 3.8) is 0 Å². The number of rotatable bonds is 6. The molecule has 1 amide bonds. The molecular weight excluding hydrogens is 314 g/mol. The summed E-state index contributed by atoms with van der Waals surface area (Å²) in [6.07, 6.45) is 0.109. The van der Waals surface area contributed by atoms with Crippen LogP contribution < -0.4 is 10.1 Å². The number of benzene rings is 1. The zero-order chi connectivity index (χ0) is 14.4. The molecule has 5 nitrogen and oxygen atoms in total. The summed E-state index contributed by atoms with van der Waals surface area (Å²) < 4.78 is 6.28. The normalized spacial score (nSPS) is 11.7. The fourth-order valence-electron chi connectivity index (χ4n) is 1.35. The van der Waals surface area contributed by atoms with Crippen molar-refractivity contribution in [3.8, 4) is 5.75 Å². The number of nitrogens with one attached hydrogen (secondary N) is 1. The first-order valence-electron chi connectivity index (χ1n) is 5.81. The van der Waals surface area contributed by atoms with E-state index in [-0.39, 0.29) is 18.9 Å². The quantitative estimate of drug-likeness (QED) is 0.838. The van der Waals surface area contributed by atoms with Gasteiger partial charge in [0.1, 0.15) is 11.8 Å². The van der Waals surface area contributed by atoms with Crippen LogP contribution in [0, 0.1) is 6.92 Å². The first-order chi connectivity index (χ1) is 8.90. The number of carboxylic acid groups (broad SMARTS) is 1. The molecule has 1 rings (SSSR count). The number of aryl methyl sites for hydroxylation is 1. The van der Waals surface area contributed by atoms with Gasteiger partial charge in [-0.1, -0.05) is 6.07 Å². The Balaban J connectivity index is 2.38. The summed E-state index contributed by atoms with van der Waals surface area (Å²) in [5.74, 6) is -0.752. The Morgan fingerprint density at radius 3 is 2.74 bits per heavy atom. The van der Waals surface area contributed by atoms with E-state index >= 15 is 0 Å². The molecular formula is C13H16BrNO4. The number of amides is 1. The van der Waals surface area contributed by atoms with Crippen LogP contribution in [0.25, 0.3) is 0 Å². The minimum Gasteiger partial charge on any atom is -0.492 e. The fourth-order valence-corrected chi connectivity index (χ4v) is 1.96. The van der Waals surface area contributed by atoms with Crippen molar-refractivity contribution in [2.45, 2.75) is 26.3 Å². The van der Waals surface area contributed by atoms with Crippen LogP contribution in [0.4, 0.5) is 0 Å². The van der Waals surface area contributed by atoms with Crippen LogP contribution in [0.5, 0.6) is 5.75 Å². The SMILES string of the molecule is Cc1ccc(OCCC(=O)N[C@@H](C)C(=O)O)c(Br)c1. The van der Waals surface area contributed by atoms with E-state index in [2.05, 4.69) is 21.2 Å². The van der Waals surface area contributed by atoms with E-state index in [1.165, 1.54) is 6.92 Å². The summed E-state index contributed by atoms with van der Waals surface area (Å²) in [7, 11) is 0. The van der Waals surface area contributed by atoms with Crippen LogP contribution in [0.1, 0.15) is 18.9 Å². The number of carbonyl (C=O) groups excluding carboxylic acids is 1. The van der Waals surface area contributed by atoms with E-state index in [9.17, 15) is 9.59 Å². The smallest absolute Gasteiger partial charge is 0.325 e. The van der Waals surface area contributed by atoms with E-state index in [4.69, 9.17) is 9.84 Å². The van der Waals surface area contributed by atoms with Crippen LogP contribution >= 0.6 is 15.9 Å². The molecule has 1 aromatic rings. The van der Waals surface area contributed by atoms with Gasteiger partial charge in [-0.2, -0.15) is 0 Å². The van der Waals surface area contributed by atoms with Crippen LogP contribution in [0.2, 0.25) is 0 Å². The van der Waals surface area contributed by atoms with Gasteiger partial charge in [0.15, 0.2) is 0 Å². The minimum absolute atomic E-state index is 0.109. The molecule has 2 N–H and O–H groups in total. The van der Waals surface area contributed by atoms with Gasteiger partial charge < -0.3 is 15.2 Å². The fraction of sp³-hybridized carbons (Fsp3) is 0.385. The van der Waals surface area contributed by atoms with Gasteiger partial charge in [-0.15, -0.1) is 0 Å². The minimum atomic E-state index is -1.06. The lowest BCUT2D eigenvalue weighted by atomic mass is 10.2. The highest BCUT2D eigenvalue weighted by Crippen LogP contribution is 2.25. The van der Waals surface area contributed by atoms with Gasteiger partial charge in [-0.25, -0.2) is 0 Å². The third-order valence-corrected chi connectivity index (χ3v) is 3.04. The lowest BCUT2D eigenvalue weighted by Gasteiger charge is -2.11. The first-order valence-corrected chi connectivity index (χ1v) is 6.60. The third-order valence-electron chi connectivity index (χ3n) is 2.42. The Labute approximate surface area is 120 Å². The van der Waals surface area contributed by atoms with Gasteiger partial charge in [0.05, 0.1) is 17.5 Å². The number of halogens is 1. The van der Waals surface area contributed by atoms with Gasteiger partial charge in [-0.05, 0) is 47.5 Å². The average Bonchev–Trinajstić information content (AvgIpc) is 2.31. The van der Waals surface area contributed by atoms with Crippen molar-refractivity contribution >= 4 is 27.8 Å². The molecule has 6 heteroatoms. The zero-order valence-electron chi connectivity index (χ0n) is 10.8. The molecule has 0 aliphatic carbocycles. The van der Waals surface area contributed by atoms with Crippen LogP contribution in [0.15, 0.2) is 22.7 Å². The summed E-state index contributed by atoms with van der Waals surface area (Å²) in [5, 5.41) is 11.0. The number of carboxylic acids is 1. The molecule has 0 aliphatic heterocycles. The summed E-state index contributed by atoms with van der Waals surface area (Å²) in [5.41, 5.74) is 1.10. The molecule has 0 spiro atoms. The van der Waals surface area contributed by atoms with E-state index in [0.717, 1.165) is 10.0 Å². The summed E-state index contributed by atoms with van der Waals surface area (Å²) >= 11 is 3.37. The number of carbonyl (C=O) groups is 2. The van der Waals surface area contributed by atoms with E-state index in [1.807, 2.05) is 25.1 Å². The van der Waals surface area contributed by atoms with E-state index < -0.39 is 12.0 Å². The molecule has 1 atom stereocenters. The maximum atomic E-state index is 11.4. The van der Waals surface area contributed by atoms with E-state index in [1.54, 1.807) is 0 Å². The molecule has 0 bridgehead atoms. The highest BCUT2D eigenvalue weighted by atomic mass is 79.9. The molecule has 0 saturated carbocycles. The maximum Gasteiger partial charge on any atom is 0.325 e. The summed E-state index contributed by atoms with van der Waals surface area (Å²) in [6, 6.07) is 4.75. The summed E-state index contributed by atoms with van der Waals surface area (Å²) in [4.78, 5) is 22.0. The lowest BCUT2D eigenvalue weighted by molar-refractivity contribution is -0.141. The van der Waals surface area contributed by atoms with Crippen LogP contribution in [0.3, 0.4) is 0 Å². The second-order valence-electron chi connectivity index (χ2n) is 4.16. The lowest BCUT2D eigenvalue weighted by Crippen LogP contribution is -2.38. The highest BCUT2D eigenvalue weighted by Gasteiger charge is 2.13. The second kappa shape index (κ2) is 7.13. The molecule has 0 saturated heterocycles. The van der Waals surface area contributed by atoms with Crippen molar-refractivity contribution in [2.24, 2.45) is 0 Å². The second-order valence-corrected chi connectivity index (χ2v) is 5.01. The Bertz CT molecular complexity index is 476. The Morgan fingerprint density at radius 2 is 2.16 bits per heavy atom. The van der Waals surface area contributed by atoms with Crippen molar-refractivity contribution in [1.29, 1.82) is 0 Å². The standard InChI is InChI=1S/C13H16BrNO4/c1-8-3-4-11(10(14)7-8)19-6-5-12(16)15-9(2)13(17)18/h3-4,7,9H,5-6H2,1-2H3,(H,15,16)(H,17,18)/t9-/m0/s1. The molecule has 0 unspecified atom stereocenters. The van der Waals surface area contributed by atoms with Crippen molar-refractivity contribution in [3.05, 3.63) is 28.2 Å². The molecule has 0 aromatic heterocycles. The van der Waals surface area contributed by atoms with Gasteiger partial charge in [0, 0.05) is 0 Å². The largest absolute Gasteiger partial charge is 0.492 e. The van der Waals surface area contributed by atoms with Crippen molar-refractivity contribution < 1.29 is 19.4 Å². The Morgan fingerprint density at radius 1 is 1.47 bits per heavy atom. The number of aliphatic carboxylic acids is 1. The number of ether oxygens (including phenoxy) is 1. The molecule has 0 fully saturated rings. The average molecular weight is 330 g/mol. The van der Waals surface area contributed by atoms with E-state index in [0.29, 0.717) is 5.75 Å². The van der Waals surface area contributed by atoms with Crippen molar-refractivity contribution in [1.82, 2.24) is 5.32 Å².